The molecule has 1 amide bonds. The van der Waals surface area contributed by atoms with Crippen molar-refractivity contribution in [2.24, 2.45) is 0 Å². The molecular formula is C11H15BrN2O. The molecule has 0 heterocycles. The summed E-state index contributed by atoms with van der Waals surface area (Å²) < 4.78 is 1.05. The summed E-state index contributed by atoms with van der Waals surface area (Å²) in [6.45, 7) is 1.31. The van der Waals surface area contributed by atoms with Gasteiger partial charge in [-0.15, -0.1) is 0 Å². The van der Waals surface area contributed by atoms with Gasteiger partial charge >= 0.3 is 0 Å². The molecule has 1 rings (SSSR count). The third-order valence-electron chi connectivity index (χ3n) is 2.01. The SMILES string of the molecule is CNCCC(=O)NCc1ccc(Br)cc1. The molecule has 0 aliphatic carbocycles. The van der Waals surface area contributed by atoms with E-state index in [1.165, 1.54) is 0 Å². The molecule has 2 N–H and O–H groups in total. The predicted molar refractivity (Wildman–Crippen MR) is 64.5 cm³/mol. The van der Waals surface area contributed by atoms with Crippen LogP contribution in [0.4, 0.5) is 0 Å². The van der Waals surface area contributed by atoms with Crippen LogP contribution in [0, 0.1) is 0 Å². The molecule has 1 aromatic carbocycles. The minimum Gasteiger partial charge on any atom is -0.352 e. The minimum absolute atomic E-state index is 0.0762. The zero-order chi connectivity index (χ0) is 11.1. The van der Waals surface area contributed by atoms with Crippen molar-refractivity contribution in [1.29, 1.82) is 0 Å². The highest BCUT2D eigenvalue weighted by molar-refractivity contribution is 9.10. The summed E-state index contributed by atoms with van der Waals surface area (Å²) in [5.41, 5.74) is 1.11. The Morgan fingerprint density at radius 1 is 1.33 bits per heavy atom. The Morgan fingerprint density at radius 3 is 2.60 bits per heavy atom. The monoisotopic (exact) mass is 270 g/mol. The van der Waals surface area contributed by atoms with Gasteiger partial charge in [0.15, 0.2) is 0 Å². The van der Waals surface area contributed by atoms with Crippen LogP contribution in [0.25, 0.3) is 0 Å². The molecule has 0 radical (unpaired) electrons. The van der Waals surface area contributed by atoms with Gasteiger partial charge < -0.3 is 10.6 Å². The Labute approximate surface area is 98.4 Å². The van der Waals surface area contributed by atoms with E-state index in [1.807, 2.05) is 31.3 Å². The highest BCUT2D eigenvalue weighted by Crippen LogP contribution is 2.10. The van der Waals surface area contributed by atoms with Crippen molar-refractivity contribution in [1.82, 2.24) is 10.6 Å². The first-order valence-electron chi connectivity index (χ1n) is 4.88. The molecule has 82 valence electrons. The topological polar surface area (TPSA) is 41.1 Å². The van der Waals surface area contributed by atoms with Gasteiger partial charge in [0.25, 0.3) is 0 Å². The number of hydrogen-bond acceptors (Lipinski definition) is 2. The maximum atomic E-state index is 11.3. The van der Waals surface area contributed by atoms with Crippen molar-refractivity contribution in [2.75, 3.05) is 13.6 Å². The number of carbonyl (C=O) groups excluding carboxylic acids is 1. The Morgan fingerprint density at radius 2 is 2.00 bits per heavy atom. The van der Waals surface area contributed by atoms with Crippen LogP contribution in [0.5, 0.6) is 0 Å². The zero-order valence-corrected chi connectivity index (χ0v) is 10.3. The van der Waals surface area contributed by atoms with Crippen LogP contribution in [-0.4, -0.2) is 19.5 Å². The summed E-state index contributed by atoms with van der Waals surface area (Å²) in [7, 11) is 1.84. The molecule has 0 unspecified atom stereocenters. The Kier molecular flexibility index (Phi) is 5.36. The first-order valence-corrected chi connectivity index (χ1v) is 5.67. The lowest BCUT2D eigenvalue weighted by Crippen LogP contribution is -2.25. The highest BCUT2D eigenvalue weighted by atomic mass is 79.9. The molecule has 1 aromatic rings. The number of rotatable bonds is 5. The normalized spacial score (nSPS) is 10.0. The van der Waals surface area contributed by atoms with Gasteiger partial charge in [-0.05, 0) is 24.7 Å². The minimum atomic E-state index is 0.0762. The van der Waals surface area contributed by atoms with Crippen LogP contribution in [0.15, 0.2) is 28.7 Å². The first-order chi connectivity index (χ1) is 7.22. The number of hydrogen-bond donors (Lipinski definition) is 2. The van der Waals surface area contributed by atoms with E-state index in [9.17, 15) is 4.79 Å². The summed E-state index contributed by atoms with van der Waals surface area (Å²) in [6, 6.07) is 7.91. The molecule has 0 aliphatic rings. The third kappa shape index (κ3) is 4.95. The lowest BCUT2D eigenvalue weighted by molar-refractivity contribution is -0.121. The molecule has 3 nitrogen and oxygen atoms in total. The Hall–Kier alpha value is -0.870. The second-order valence-electron chi connectivity index (χ2n) is 3.26. The van der Waals surface area contributed by atoms with Crippen LogP contribution in [0.3, 0.4) is 0 Å². The Balaban J connectivity index is 2.30. The lowest BCUT2D eigenvalue weighted by Gasteiger charge is -2.05. The quantitative estimate of drug-likeness (QED) is 0.855. The molecule has 0 bridgehead atoms. The molecule has 15 heavy (non-hydrogen) atoms. The number of benzene rings is 1. The average Bonchev–Trinajstić information content (AvgIpc) is 2.25. The van der Waals surface area contributed by atoms with Gasteiger partial charge in [-0.3, -0.25) is 4.79 Å². The first kappa shape index (κ1) is 12.2. The number of nitrogens with one attached hydrogen (secondary N) is 2. The summed E-state index contributed by atoms with van der Waals surface area (Å²) in [5.74, 6) is 0.0762. The lowest BCUT2D eigenvalue weighted by atomic mass is 10.2. The van der Waals surface area contributed by atoms with E-state index in [0.717, 1.165) is 10.0 Å². The third-order valence-corrected chi connectivity index (χ3v) is 2.53. The van der Waals surface area contributed by atoms with E-state index < -0.39 is 0 Å². The summed E-state index contributed by atoms with van der Waals surface area (Å²) >= 11 is 3.36. The molecule has 4 heteroatoms. The van der Waals surface area contributed by atoms with Gasteiger partial charge in [0.1, 0.15) is 0 Å². The standard InChI is InChI=1S/C11H15BrN2O/c1-13-7-6-11(15)14-8-9-2-4-10(12)5-3-9/h2-5,13H,6-8H2,1H3,(H,14,15). The van der Waals surface area contributed by atoms with Crippen LogP contribution in [0.2, 0.25) is 0 Å². The van der Waals surface area contributed by atoms with Gasteiger partial charge in [0.05, 0.1) is 0 Å². The van der Waals surface area contributed by atoms with Gasteiger partial charge in [0.2, 0.25) is 5.91 Å². The van der Waals surface area contributed by atoms with Gasteiger partial charge in [-0.1, -0.05) is 28.1 Å². The van der Waals surface area contributed by atoms with E-state index in [1.54, 1.807) is 0 Å². The van der Waals surface area contributed by atoms with Crippen molar-refractivity contribution in [3.63, 3.8) is 0 Å². The van der Waals surface area contributed by atoms with Crippen molar-refractivity contribution in [3.8, 4) is 0 Å². The van der Waals surface area contributed by atoms with Crippen molar-refractivity contribution < 1.29 is 4.79 Å². The average molecular weight is 271 g/mol. The van der Waals surface area contributed by atoms with Gasteiger partial charge in [-0.25, -0.2) is 0 Å². The Bertz CT molecular complexity index is 311. The smallest absolute Gasteiger partial charge is 0.221 e. The molecule has 0 aromatic heterocycles. The van der Waals surface area contributed by atoms with Crippen LogP contribution in [-0.2, 0) is 11.3 Å². The second-order valence-corrected chi connectivity index (χ2v) is 4.17. The molecule has 0 saturated carbocycles. The van der Waals surface area contributed by atoms with Crippen molar-refractivity contribution in [2.45, 2.75) is 13.0 Å². The van der Waals surface area contributed by atoms with Crippen LogP contribution in [0.1, 0.15) is 12.0 Å². The van der Waals surface area contributed by atoms with Crippen LogP contribution < -0.4 is 10.6 Å². The molecule has 0 saturated heterocycles. The fraction of sp³-hybridized carbons (Fsp3) is 0.364. The zero-order valence-electron chi connectivity index (χ0n) is 8.72. The van der Waals surface area contributed by atoms with Crippen molar-refractivity contribution >= 4 is 21.8 Å². The fourth-order valence-electron chi connectivity index (χ4n) is 1.13. The van der Waals surface area contributed by atoms with E-state index >= 15 is 0 Å². The predicted octanol–water partition coefficient (Wildman–Crippen LogP) is 1.67. The number of amides is 1. The highest BCUT2D eigenvalue weighted by Gasteiger charge is 1.99. The molecule has 0 spiro atoms. The molecular weight excluding hydrogens is 256 g/mol. The maximum absolute atomic E-state index is 11.3. The van der Waals surface area contributed by atoms with E-state index in [0.29, 0.717) is 19.5 Å². The fourth-order valence-corrected chi connectivity index (χ4v) is 1.39. The van der Waals surface area contributed by atoms with E-state index in [-0.39, 0.29) is 5.91 Å². The summed E-state index contributed by atoms with van der Waals surface area (Å²) in [4.78, 5) is 11.3. The number of carbonyl (C=O) groups is 1. The van der Waals surface area contributed by atoms with Gasteiger partial charge in [0, 0.05) is 24.0 Å². The number of halogens is 1. The molecule has 0 fully saturated rings. The second kappa shape index (κ2) is 6.58. The van der Waals surface area contributed by atoms with Gasteiger partial charge in [-0.2, -0.15) is 0 Å². The van der Waals surface area contributed by atoms with E-state index in [2.05, 4.69) is 26.6 Å². The van der Waals surface area contributed by atoms with Crippen LogP contribution >= 0.6 is 15.9 Å². The molecule has 0 aliphatic heterocycles. The van der Waals surface area contributed by atoms with Crippen molar-refractivity contribution in [3.05, 3.63) is 34.3 Å². The maximum Gasteiger partial charge on any atom is 0.221 e. The largest absolute Gasteiger partial charge is 0.352 e. The van der Waals surface area contributed by atoms with E-state index in [4.69, 9.17) is 0 Å². The summed E-state index contributed by atoms with van der Waals surface area (Å²) in [5, 5.41) is 5.80. The summed E-state index contributed by atoms with van der Waals surface area (Å²) in [6.07, 6.45) is 0.521. The molecule has 0 atom stereocenters.